The maximum atomic E-state index is 12.6. The number of carbonyl (C=O) groups excluding carboxylic acids is 1. The first-order chi connectivity index (χ1) is 13.1. The summed E-state index contributed by atoms with van der Waals surface area (Å²) in [5.74, 6) is -0.0118. The average Bonchev–Trinajstić information content (AvgIpc) is 3.16. The number of hydrogen-bond donors (Lipinski definition) is 1. The van der Waals surface area contributed by atoms with Crippen LogP contribution in [0.2, 0.25) is 0 Å². The van der Waals surface area contributed by atoms with Gasteiger partial charge in [-0.3, -0.25) is 4.79 Å². The van der Waals surface area contributed by atoms with E-state index in [9.17, 15) is 4.79 Å². The van der Waals surface area contributed by atoms with Crippen molar-refractivity contribution < 1.29 is 4.79 Å². The minimum absolute atomic E-state index is 0.0118. The lowest BCUT2D eigenvalue weighted by Crippen LogP contribution is -2.28. The number of anilines is 2. The molecule has 0 saturated heterocycles. The molecule has 1 atom stereocenters. The summed E-state index contributed by atoms with van der Waals surface area (Å²) in [4.78, 5) is 17.0. The first-order valence-electron chi connectivity index (χ1n) is 9.07. The Balaban J connectivity index is 1.50. The molecular weight excluding hydrogens is 372 g/mol. The van der Waals surface area contributed by atoms with Crippen LogP contribution in [0, 0.1) is 6.92 Å². The fourth-order valence-corrected chi connectivity index (χ4v) is 5.32. The molecule has 27 heavy (non-hydrogen) atoms. The number of fused-ring (bicyclic) bond motifs is 1. The zero-order chi connectivity index (χ0) is 18.8. The summed E-state index contributed by atoms with van der Waals surface area (Å²) < 4.78 is 0. The number of aryl methyl sites for hydroxylation is 1. The van der Waals surface area contributed by atoms with Crippen molar-refractivity contribution in [1.82, 2.24) is 5.32 Å². The van der Waals surface area contributed by atoms with Crippen LogP contribution < -0.4 is 10.2 Å². The largest absolute Gasteiger partial charge is 0.347 e. The second kappa shape index (κ2) is 7.79. The van der Waals surface area contributed by atoms with E-state index in [-0.39, 0.29) is 5.91 Å². The molecule has 1 aromatic heterocycles. The number of hydrogen-bond acceptors (Lipinski definition) is 4. The molecule has 0 saturated carbocycles. The number of thioether (sulfide) groups is 1. The van der Waals surface area contributed by atoms with Gasteiger partial charge < -0.3 is 10.2 Å². The Morgan fingerprint density at radius 3 is 2.74 bits per heavy atom. The van der Waals surface area contributed by atoms with E-state index in [1.54, 1.807) is 11.3 Å². The number of rotatable bonds is 4. The molecule has 1 aliphatic heterocycles. The first kappa shape index (κ1) is 18.1. The van der Waals surface area contributed by atoms with Gasteiger partial charge >= 0.3 is 0 Å². The van der Waals surface area contributed by atoms with Crippen LogP contribution in [0.15, 0.2) is 65.6 Å². The lowest BCUT2D eigenvalue weighted by molar-refractivity contribution is 0.0955. The summed E-state index contributed by atoms with van der Waals surface area (Å²) in [6, 6.07) is 20.6. The van der Waals surface area contributed by atoms with Crippen molar-refractivity contribution in [3.05, 3.63) is 76.7 Å². The molecule has 3 aromatic rings. The minimum atomic E-state index is -0.0118. The molecule has 0 radical (unpaired) electrons. The van der Waals surface area contributed by atoms with Crippen LogP contribution in [0.5, 0.6) is 0 Å². The molecule has 0 spiro atoms. The molecule has 1 unspecified atom stereocenters. The van der Waals surface area contributed by atoms with Gasteiger partial charge in [0, 0.05) is 23.2 Å². The van der Waals surface area contributed by atoms with Gasteiger partial charge in [-0.1, -0.05) is 43.3 Å². The van der Waals surface area contributed by atoms with Crippen molar-refractivity contribution in [3.8, 4) is 0 Å². The quantitative estimate of drug-likeness (QED) is 0.623. The van der Waals surface area contributed by atoms with Crippen LogP contribution in [0.3, 0.4) is 0 Å². The summed E-state index contributed by atoms with van der Waals surface area (Å²) in [7, 11) is 0. The zero-order valence-corrected chi connectivity index (χ0v) is 17.1. The third-order valence-corrected chi connectivity index (χ3v) is 6.96. The average molecular weight is 395 g/mol. The number of nitrogens with one attached hydrogen (secondary N) is 1. The smallest absolute Gasteiger partial charge is 0.261 e. The van der Waals surface area contributed by atoms with Crippen LogP contribution in [0.1, 0.15) is 27.7 Å². The van der Waals surface area contributed by atoms with E-state index in [2.05, 4.69) is 66.5 Å². The summed E-state index contributed by atoms with van der Waals surface area (Å²) in [6.07, 6.45) is 0. The summed E-state index contributed by atoms with van der Waals surface area (Å²) in [5, 5.41) is 4.68. The number of amides is 1. The Hall–Kier alpha value is -2.24. The Labute approximate surface area is 168 Å². The molecule has 5 heteroatoms. The fraction of sp³-hybridized carbons (Fsp3) is 0.227. The molecule has 0 aliphatic carbocycles. The molecule has 3 nitrogen and oxygen atoms in total. The van der Waals surface area contributed by atoms with Gasteiger partial charge in [0.2, 0.25) is 0 Å². The molecule has 4 rings (SSSR count). The Bertz CT molecular complexity index is 966. The first-order valence-corrected chi connectivity index (χ1v) is 10.8. The van der Waals surface area contributed by atoms with Crippen molar-refractivity contribution in [2.24, 2.45) is 0 Å². The maximum absolute atomic E-state index is 12.6. The monoisotopic (exact) mass is 394 g/mol. The molecule has 1 amide bonds. The number of para-hydroxylation sites is 1. The molecule has 1 aliphatic rings. The summed E-state index contributed by atoms with van der Waals surface area (Å²) in [6.45, 7) is 5.82. The van der Waals surface area contributed by atoms with Gasteiger partial charge in [0.05, 0.1) is 15.6 Å². The van der Waals surface area contributed by atoms with Gasteiger partial charge in [0.15, 0.2) is 0 Å². The van der Waals surface area contributed by atoms with Crippen molar-refractivity contribution in [2.45, 2.75) is 30.5 Å². The van der Waals surface area contributed by atoms with Gasteiger partial charge in [0.25, 0.3) is 5.91 Å². The zero-order valence-electron chi connectivity index (χ0n) is 15.4. The minimum Gasteiger partial charge on any atom is -0.347 e. The van der Waals surface area contributed by atoms with E-state index in [0.29, 0.717) is 11.8 Å². The van der Waals surface area contributed by atoms with Gasteiger partial charge in [-0.2, -0.15) is 0 Å². The fourth-order valence-electron chi connectivity index (χ4n) is 3.26. The second-order valence-electron chi connectivity index (χ2n) is 6.75. The van der Waals surface area contributed by atoms with Crippen molar-refractivity contribution in [3.63, 3.8) is 0 Å². The van der Waals surface area contributed by atoms with Gasteiger partial charge in [-0.25, -0.2) is 0 Å². The van der Waals surface area contributed by atoms with Crippen molar-refractivity contribution >= 4 is 39.7 Å². The lowest BCUT2D eigenvalue weighted by atomic mass is 10.1. The maximum Gasteiger partial charge on any atom is 0.261 e. The predicted octanol–water partition coefficient (Wildman–Crippen LogP) is 5.62. The number of benzene rings is 2. The van der Waals surface area contributed by atoms with Crippen LogP contribution in [-0.4, -0.2) is 17.7 Å². The molecular formula is C22H22N2OS2. The van der Waals surface area contributed by atoms with Crippen LogP contribution >= 0.6 is 23.1 Å². The highest BCUT2D eigenvalue weighted by molar-refractivity contribution is 8.00. The highest BCUT2D eigenvalue weighted by Gasteiger charge is 2.24. The molecule has 2 heterocycles. The van der Waals surface area contributed by atoms with E-state index < -0.39 is 0 Å². The highest BCUT2D eigenvalue weighted by atomic mass is 32.2. The summed E-state index contributed by atoms with van der Waals surface area (Å²) >= 11 is 3.47. The standard InChI is InChI=1S/C22H22N2OS2/c1-15-7-3-4-8-17(15)13-23-22(25)20-11-12-21(27-20)24-14-16(2)26-19-10-6-5-9-18(19)24/h3-12,16H,13-14H2,1-2H3,(H,23,25). The van der Waals surface area contributed by atoms with E-state index in [0.717, 1.165) is 22.0 Å². The van der Waals surface area contributed by atoms with Crippen LogP contribution in [0.25, 0.3) is 0 Å². The van der Waals surface area contributed by atoms with Crippen molar-refractivity contribution in [1.29, 1.82) is 0 Å². The van der Waals surface area contributed by atoms with Crippen molar-refractivity contribution in [2.75, 3.05) is 11.4 Å². The molecule has 2 aromatic carbocycles. The van der Waals surface area contributed by atoms with E-state index in [1.807, 2.05) is 30.0 Å². The highest BCUT2D eigenvalue weighted by Crippen LogP contribution is 2.43. The van der Waals surface area contributed by atoms with E-state index >= 15 is 0 Å². The normalized spacial score (nSPS) is 16.1. The Morgan fingerprint density at radius 2 is 1.89 bits per heavy atom. The van der Waals surface area contributed by atoms with Gasteiger partial charge in [-0.05, 0) is 42.3 Å². The van der Waals surface area contributed by atoms with Crippen LogP contribution in [-0.2, 0) is 6.54 Å². The molecule has 1 N–H and O–H groups in total. The number of carbonyl (C=O) groups is 1. The third kappa shape index (κ3) is 3.89. The summed E-state index contributed by atoms with van der Waals surface area (Å²) in [5.41, 5.74) is 3.58. The van der Waals surface area contributed by atoms with E-state index in [4.69, 9.17) is 0 Å². The predicted molar refractivity (Wildman–Crippen MR) is 115 cm³/mol. The van der Waals surface area contributed by atoms with Gasteiger partial charge in [0.1, 0.15) is 0 Å². The number of thiophene rings is 1. The molecule has 138 valence electrons. The topological polar surface area (TPSA) is 32.3 Å². The van der Waals surface area contributed by atoms with E-state index in [1.165, 1.54) is 16.1 Å². The Kier molecular flexibility index (Phi) is 5.23. The third-order valence-electron chi connectivity index (χ3n) is 4.71. The SMILES string of the molecule is Cc1ccccc1CNC(=O)c1ccc(N2CC(C)Sc3ccccc32)s1. The molecule has 0 bridgehead atoms. The Morgan fingerprint density at radius 1 is 1.11 bits per heavy atom. The molecule has 0 fully saturated rings. The van der Waals surface area contributed by atoms with Gasteiger partial charge in [-0.15, -0.1) is 23.1 Å². The lowest BCUT2D eigenvalue weighted by Gasteiger charge is -2.33. The number of nitrogens with zero attached hydrogens (tertiary/aromatic N) is 1. The van der Waals surface area contributed by atoms with Crippen LogP contribution in [0.4, 0.5) is 10.7 Å². The second-order valence-corrected chi connectivity index (χ2v) is 9.30.